The Balaban J connectivity index is 1.88. The molecule has 0 saturated carbocycles. The highest BCUT2D eigenvalue weighted by Crippen LogP contribution is 2.22. The van der Waals surface area contributed by atoms with Crippen molar-refractivity contribution in [1.82, 2.24) is 10.3 Å². The SMILES string of the molecule is COc1ccc(CNCc2ccc(O)cc2O)cn1. The Labute approximate surface area is 111 Å². The van der Waals surface area contributed by atoms with Gasteiger partial charge < -0.3 is 20.3 Å². The maximum absolute atomic E-state index is 9.63. The zero-order valence-electron chi connectivity index (χ0n) is 10.6. The van der Waals surface area contributed by atoms with Crippen LogP contribution in [0.5, 0.6) is 17.4 Å². The minimum absolute atomic E-state index is 0.0561. The molecule has 0 radical (unpaired) electrons. The third-order valence-corrected chi connectivity index (χ3v) is 2.72. The van der Waals surface area contributed by atoms with Gasteiger partial charge in [0.15, 0.2) is 0 Å². The quantitative estimate of drug-likeness (QED) is 0.764. The third-order valence-electron chi connectivity index (χ3n) is 2.72. The zero-order chi connectivity index (χ0) is 13.7. The first-order chi connectivity index (χ1) is 9.19. The summed E-state index contributed by atoms with van der Waals surface area (Å²) < 4.78 is 4.98. The van der Waals surface area contributed by atoms with Crippen molar-refractivity contribution in [3.8, 4) is 17.4 Å². The summed E-state index contributed by atoms with van der Waals surface area (Å²) in [4.78, 5) is 4.11. The number of rotatable bonds is 5. The highest BCUT2D eigenvalue weighted by atomic mass is 16.5. The number of aromatic hydroxyl groups is 2. The fourth-order valence-corrected chi connectivity index (χ4v) is 1.68. The second kappa shape index (κ2) is 6.06. The van der Waals surface area contributed by atoms with Crippen LogP contribution in [0.15, 0.2) is 36.5 Å². The van der Waals surface area contributed by atoms with E-state index in [1.54, 1.807) is 31.5 Å². The fourth-order valence-electron chi connectivity index (χ4n) is 1.68. The topological polar surface area (TPSA) is 74.6 Å². The van der Waals surface area contributed by atoms with Crippen LogP contribution in [0.25, 0.3) is 0 Å². The van der Waals surface area contributed by atoms with E-state index in [9.17, 15) is 10.2 Å². The Morgan fingerprint density at radius 3 is 2.63 bits per heavy atom. The Morgan fingerprint density at radius 1 is 1.16 bits per heavy atom. The van der Waals surface area contributed by atoms with Crippen molar-refractivity contribution in [3.05, 3.63) is 47.7 Å². The van der Waals surface area contributed by atoms with Crippen molar-refractivity contribution < 1.29 is 14.9 Å². The monoisotopic (exact) mass is 260 g/mol. The molecular formula is C14H16N2O3. The molecule has 5 heteroatoms. The van der Waals surface area contributed by atoms with Gasteiger partial charge >= 0.3 is 0 Å². The van der Waals surface area contributed by atoms with Gasteiger partial charge in [0.1, 0.15) is 11.5 Å². The van der Waals surface area contributed by atoms with E-state index in [1.807, 2.05) is 6.07 Å². The number of pyridine rings is 1. The number of aromatic nitrogens is 1. The van der Waals surface area contributed by atoms with Crippen LogP contribution in [-0.4, -0.2) is 22.3 Å². The van der Waals surface area contributed by atoms with Crippen molar-refractivity contribution in [2.45, 2.75) is 13.1 Å². The largest absolute Gasteiger partial charge is 0.508 e. The number of hydrogen-bond acceptors (Lipinski definition) is 5. The summed E-state index contributed by atoms with van der Waals surface area (Å²) >= 11 is 0. The molecule has 0 aliphatic rings. The van der Waals surface area contributed by atoms with E-state index < -0.39 is 0 Å². The first-order valence-electron chi connectivity index (χ1n) is 5.89. The lowest BCUT2D eigenvalue weighted by molar-refractivity contribution is 0.397. The van der Waals surface area contributed by atoms with Crippen LogP contribution in [0.2, 0.25) is 0 Å². The van der Waals surface area contributed by atoms with Gasteiger partial charge in [-0.05, 0) is 11.6 Å². The van der Waals surface area contributed by atoms with Gasteiger partial charge in [-0.2, -0.15) is 0 Å². The molecule has 1 aromatic carbocycles. The number of benzene rings is 1. The lowest BCUT2D eigenvalue weighted by atomic mass is 10.2. The third kappa shape index (κ3) is 3.59. The molecule has 1 aromatic heterocycles. The lowest BCUT2D eigenvalue weighted by Gasteiger charge is -2.07. The molecule has 19 heavy (non-hydrogen) atoms. The molecule has 5 nitrogen and oxygen atoms in total. The summed E-state index contributed by atoms with van der Waals surface area (Å²) in [7, 11) is 1.58. The molecule has 1 heterocycles. The molecule has 0 aliphatic heterocycles. The fraction of sp³-hybridized carbons (Fsp3) is 0.214. The molecule has 0 unspecified atom stereocenters. The number of nitrogens with zero attached hydrogens (tertiary/aromatic N) is 1. The Hall–Kier alpha value is -2.27. The summed E-state index contributed by atoms with van der Waals surface area (Å²) in [5, 5.41) is 22.0. The number of hydrogen-bond donors (Lipinski definition) is 3. The second-order valence-corrected chi connectivity index (χ2v) is 4.13. The van der Waals surface area contributed by atoms with Gasteiger partial charge in [-0.1, -0.05) is 12.1 Å². The Bertz CT molecular complexity index is 541. The molecule has 0 aliphatic carbocycles. The minimum atomic E-state index is 0.0561. The highest BCUT2D eigenvalue weighted by molar-refractivity contribution is 5.38. The van der Waals surface area contributed by atoms with Crippen molar-refractivity contribution in [3.63, 3.8) is 0 Å². The molecule has 0 bridgehead atoms. The van der Waals surface area contributed by atoms with Crippen LogP contribution in [0, 0.1) is 0 Å². The summed E-state index contributed by atoms with van der Waals surface area (Å²) in [6.07, 6.45) is 1.74. The van der Waals surface area contributed by atoms with Gasteiger partial charge in [-0.3, -0.25) is 0 Å². The molecule has 2 aromatic rings. The van der Waals surface area contributed by atoms with Crippen molar-refractivity contribution >= 4 is 0 Å². The molecule has 2 rings (SSSR count). The maximum Gasteiger partial charge on any atom is 0.212 e. The van der Waals surface area contributed by atoms with Crippen molar-refractivity contribution in [1.29, 1.82) is 0 Å². The molecular weight excluding hydrogens is 244 g/mol. The first kappa shape index (κ1) is 13.2. The van der Waals surface area contributed by atoms with Gasteiger partial charge in [-0.15, -0.1) is 0 Å². The average Bonchev–Trinajstić information content (AvgIpc) is 2.42. The van der Waals surface area contributed by atoms with E-state index in [-0.39, 0.29) is 11.5 Å². The smallest absolute Gasteiger partial charge is 0.212 e. The molecule has 0 saturated heterocycles. The van der Waals surface area contributed by atoms with Gasteiger partial charge in [0.25, 0.3) is 0 Å². The molecule has 3 N–H and O–H groups in total. The first-order valence-corrected chi connectivity index (χ1v) is 5.89. The average molecular weight is 260 g/mol. The Morgan fingerprint density at radius 2 is 2.00 bits per heavy atom. The van der Waals surface area contributed by atoms with E-state index in [1.165, 1.54) is 6.07 Å². The molecule has 0 spiro atoms. The summed E-state index contributed by atoms with van der Waals surface area (Å²) in [5.74, 6) is 0.723. The maximum atomic E-state index is 9.63. The molecule has 100 valence electrons. The summed E-state index contributed by atoms with van der Waals surface area (Å²) in [6, 6.07) is 8.28. The van der Waals surface area contributed by atoms with E-state index in [0.29, 0.717) is 19.0 Å². The van der Waals surface area contributed by atoms with E-state index >= 15 is 0 Å². The van der Waals surface area contributed by atoms with Crippen LogP contribution in [-0.2, 0) is 13.1 Å². The van der Waals surface area contributed by atoms with Crippen LogP contribution in [0.4, 0.5) is 0 Å². The zero-order valence-corrected chi connectivity index (χ0v) is 10.6. The second-order valence-electron chi connectivity index (χ2n) is 4.13. The molecule has 0 amide bonds. The van der Waals surface area contributed by atoms with E-state index in [2.05, 4.69) is 10.3 Å². The molecule has 0 atom stereocenters. The van der Waals surface area contributed by atoms with Gasteiger partial charge in [0, 0.05) is 37.0 Å². The predicted octanol–water partition coefficient (Wildman–Crippen LogP) is 1.79. The van der Waals surface area contributed by atoms with Crippen LogP contribution in [0.3, 0.4) is 0 Å². The highest BCUT2D eigenvalue weighted by Gasteiger charge is 2.02. The van der Waals surface area contributed by atoms with Crippen LogP contribution in [0.1, 0.15) is 11.1 Å². The number of phenolic OH excluding ortho intramolecular Hbond substituents is 2. The molecule has 0 fully saturated rings. The summed E-state index contributed by atoms with van der Waals surface area (Å²) in [5.41, 5.74) is 1.76. The van der Waals surface area contributed by atoms with Gasteiger partial charge in [0.2, 0.25) is 5.88 Å². The minimum Gasteiger partial charge on any atom is -0.508 e. The number of nitrogens with one attached hydrogen (secondary N) is 1. The van der Waals surface area contributed by atoms with Crippen LogP contribution >= 0.6 is 0 Å². The van der Waals surface area contributed by atoms with E-state index in [4.69, 9.17) is 4.74 Å². The lowest BCUT2D eigenvalue weighted by Crippen LogP contribution is -2.12. The van der Waals surface area contributed by atoms with Crippen molar-refractivity contribution in [2.24, 2.45) is 0 Å². The van der Waals surface area contributed by atoms with Gasteiger partial charge in [-0.25, -0.2) is 4.98 Å². The number of ether oxygens (including phenoxy) is 1. The predicted molar refractivity (Wildman–Crippen MR) is 71.1 cm³/mol. The Kier molecular flexibility index (Phi) is 4.20. The summed E-state index contributed by atoms with van der Waals surface area (Å²) in [6.45, 7) is 1.15. The normalized spacial score (nSPS) is 10.4. The van der Waals surface area contributed by atoms with Crippen molar-refractivity contribution in [2.75, 3.05) is 7.11 Å². The van der Waals surface area contributed by atoms with Gasteiger partial charge in [0.05, 0.1) is 7.11 Å². The number of phenols is 2. The van der Waals surface area contributed by atoms with E-state index in [0.717, 1.165) is 11.1 Å². The van der Waals surface area contributed by atoms with Crippen LogP contribution < -0.4 is 10.1 Å². The number of methoxy groups -OCH3 is 1. The standard InChI is InChI=1S/C14H16N2O3/c1-19-14-5-2-10(8-16-14)7-15-9-11-3-4-12(17)6-13(11)18/h2-6,8,15,17-18H,7,9H2,1H3.